The molecule has 0 aliphatic heterocycles. The molecule has 0 unspecified atom stereocenters. The van der Waals surface area contributed by atoms with E-state index < -0.39 is 0 Å². The number of phenols is 1. The van der Waals surface area contributed by atoms with Crippen LogP contribution in [0.2, 0.25) is 0 Å². The van der Waals surface area contributed by atoms with Gasteiger partial charge >= 0.3 is 24.8 Å². The predicted molar refractivity (Wildman–Crippen MR) is 114 cm³/mol. The molecule has 0 amide bonds. The molecule has 1 aliphatic rings. The predicted octanol–water partition coefficient (Wildman–Crippen LogP) is 4.91. The van der Waals surface area contributed by atoms with Crippen LogP contribution in [0.25, 0.3) is 0 Å². The van der Waals surface area contributed by atoms with Crippen molar-refractivity contribution in [3.8, 4) is 5.75 Å². The summed E-state index contributed by atoms with van der Waals surface area (Å²) in [6, 6.07) is 0. The third-order valence-corrected chi connectivity index (χ3v) is 4.45. The molecule has 2 rings (SSSR count). The SMILES string of the molecule is CC1=[C-]CC=C1.Cc1c(C)c(O)c([Si])c(C(C)(C)C)c1C.Cl.Cl.[CH2]=[Ti+]. The van der Waals surface area contributed by atoms with E-state index in [1.165, 1.54) is 22.3 Å². The van der Waals surface area contributed by atoms with E-state index in [-0.39, 0.29) is 30.2 Å². The number of halogens is 2. The molecule has 0 aromatic heterocycles. The van der Waals surface area contributed by atoms with Gasteiger partial charge in [-0.1, -0.05) is 27.7 Å². The fourth-order valence-electron chi connectivity index (χ4n) is 2.59. The van der Waals surface area contributed by atoms with Crippen LogP contribution in [-0.2, 0) is 25.4 Å². The molecule has 1 N–H and O–H groups in total. The van der Waals surface area contributed by atoms with Crippen LogP contribution in [0.3, 0.4) is 0 Å². The molecule has 1 aromatic rings. The summed E-state index contributed by atoms with van der Waals surface area (Å²) in [6.45, 7) is 14.7. The Hall–Kier alpha value is -0.119. The molecular weight excluding hydrogens is 403 g/mol. The van der Waals surface area contributed by atoms with Crippen LogP contribution in [0.15, 0.2) is 17.7 Å². The summed E-state index contributed by atoms with van der Waals surface area (Å²) in [5.41, 5.74) is 5.92. The molecule has 0 saturated carbocycles. The number of hydrogen-bond acceptors (Lipinski definition) is 1. The van der Waals surface area contributed by atoms with Gasteiger partial charge in [-0.2, -0.15) is 6.08 Å². The van der Waals surface area contributed by atoms with E-state index in [4.69, 9.17) is 0 Å². The number of phenolic OH excluding ortho intramolecular Hbond substituents is 1. The van der Waals surface area contributed by atoms with Gasteiger partial charge in [-0.15, -0.1) is 31.2 Å². The Bertz CT molecular complexity index is 585. The third-order valence-electron chi connectivity index (χ3n) is 3.96. The van der Waals surface area contributed by atoms with Crippen molar-refractivity contribution in [2.24, 2.45) is 0 Å². The van der Waals surface area contributed by atoms with Crippen molar-refractivity contribution in [2.45, 2.75) is 60.3 Å². The molecule has 1 nitrogen and oxygen atoms in total. The van der Waals surface area contributed by atoms with Gasteiger partial charge in [0, 0.05) is 0 Å². The van der Waals surface area contributed by atoms with Crippen molar-refractivity contribution < 1.29 is 25.1 Å². The molecule has 1 aliphatic carbocycles. The van der Waals surface area contributed by atoms with Gasteiger partial charge < -0.3 is 5.11 Å². The second-order valence-corrected chi connectivity index (χ2v) is 7.19. The zero-order valence-corrected chi connectivity index (χ0v) is 20.5. The van der Waals surface area contributed by atoms with E-state index in [2.05, 4.69) is 74.8 Å². The van der Waals surface area contributed by atoms with Crippen LogP contribution in [-0.4, -0.2) is 20.2 Å². The normalized spacial score (nSPS) is 11.8. The van der Waals surface area contributed by atoms with Crippen LogP contribution in [0.1, 0.15) is 56.4 Å². The Morgan fingerprint density at radius 1 is 1.04 bits per heavy atom. The quantitative estimate of drug-likeness (QED) is 0.455. The van der Waals surface area contributed by atoms with E-state index in [1.807, 2.05) is 6.92 Å². The van der Waals surface area contributed by atoms with Crippen molar-refractivity contribution in [1.29, 1.82) is 0 Å². The fraction of sp³-hybridized carbons (Fsp3) is 0.450. The van der Waals surface area contributed by atoms with Gasteiger partial charge in [0.1, 0.15) is 5.75 Å². The maximum absolute atomic E-state index is 10.0. The van der Waals surface area contributed by atoms with Gasteiger partial charge in [-0.05, 0) is 53.6 Å². The van der Waals surface area contributed by atoms with Crippen molar-refractivity contribution in [1.82, 2.24) is 0 Å². The molecule has 138 valence electrons. The summed E-state index contributed by atoms with van der Waals surface area (Å²) in [5.74, 6) is 0.375. The first-order chi connectivity index (χ1) is 10.6. The van der Waals surface area contributed by atoms with Gasteiger partial charge in [0.05, 0.1) is 10.2 Å². The molecule has 0 spiro atoms. The molecule has 0 bridgehead atoms. The monoisotopic (exact) mass is 432 g/mol. The average molecular weight is 433 g/mol. The van der Waals surface area contributed by atoms with E-state index in [0.717, 1.165) is 17.2 Å². The summed E-state index contributed by atoms with van der Waals surface area (Å²) in [4.78, 5) is 3.25. The summed E-state index contributed by atoms with van der Waals surface area (Å²) in [7, 11) is 3.56. The Morgan fingerprint density at radius 2 is 1.52 bits per heavy atom. The number of allylic oxidation sites excluding steroid dienone is 4. The molecule has 0 saturated heterocycles. The number of aromatic hydroxyl groups is 1. The Kier molecular flexibility index (Phi) is 15.5. The molecule has 5 heteroatoms. The van der Waals surface area contributed by atoms with Crippen molar-refractivity contribution in [3.05, 3.63) is 46.1 Å². The third kappa shape index (κ3) is 8.41. The zero-order valence-electron chi connectivity index (χ0n) is 16.3. The van der Waals surface area contributed by atoms with Crippen molar-refractivity contribution >= 4 is 45.1 Å². The van der Waals surface area contributed by atoms with Gasteiger partial charge in [0.25, 0.3) is 0 Å². The Labute approximate surface area is 181 Å². The van der Waals surface area contributed by atoms with Crippen molar-refractivity contribution in [3.63, 3.8) is 0 Å². The van der Waals surface area contributed by atoms with Crippen molar-refractivity contribution in [2.75, 3.05) is 0 Å². The molecule has 0 atom stereocenters. The van der Waals surface area contributed by atoms with Crippen LogP contribution in [0, 0.1) is 26.8 Å². The molecule has 3 radical (unpaired) electrons. The number of rotatable bonds is 0. The summed E-state index contributed by atoms with van der Waals surface area (Å²) in [5, 5.41) is 10.8. The van der Waals surface area contributed by atoms with Gasteiger partial charge in [-0.3, -0.25) is 6.08 Å². The molecule has 0 fully saturated rings. The molecule has 25 heavy (non-hydrogen) atoms. The van der Waals surface area contributed by atoms with Gasteiger partial charge in [0.2, 0.25) is 0 Å². The number of benzene rings is 1. The molecular formula is C20H30Cl2OSiTi. The van der Waals surface area contributed by atoms with Crippen LogP contribution in [0.4, 0.5) is 0 Å². The summed E-state index contributed by atoms with van der Waals surface area (Å²) in [6.07, 6.45) is 8.33. The molecule has 0 heterocycles. The first-order valence-electron chi connectivity index (χ1n) is 7.71. The zero-order chi connectivity index (χ0) is 18.4. The summed E-state index contributed by atoms with van der Waals surface area (Å²) < 4.78 is 0. The van der Waals surface area contributed by atoms with E-state index in [1.54, 1.807) is 20.0 Å². The average Bonchev–Trinajstić information content (AvgIpc) is 2.96. The first kappa shape index (κ1) is 29.6. The second-order valence-electron chi connectivity index (χ2n) is 6.69. The minimum absolute atomic E-state index is 0. The van der Waals surface area contributed by atoms with Gasteiger partial charge in [0.15, 0.2) is 0 Å². The second kappa shape index (κ2) is 13.1. The fourth-order valence-corrected chi connectivity index (χ4v) is 3.34. The van der Waals surface area contributed by atoms with Gasteiger partial charge in [-0.25, -0.2) is 11.6 Å². The summed E-state index contributed by atoms with van der Waals surface area (Å²) >= 11 is 1.75. The Balaban J connectivity index is -0.000000409. The van der Waals surface area contributed by atoms with E-state index in [0.29, 0.717) is 5.75 Å². The number of hydrogen-bond donors (Lipinski definition) is 1. The first-order valence-corrected chi connectivity index (χ1v) is 9.32. The van der Waals surface area contributed by atoms with E-state index >= 15 is 0 Å². The molecule has 1 aromatic carbocycles. The van der Waals surface area contributed by atoms with Crippen LogP contribution >= 0.6 is 24.8 Å². The van der Waals surface area contributed by atoms with Crippen LogP contribution in [0.5, 0.6) is 5.75 Å². The standard InChI is InChI=1S/C13H19OSi.C6H7.CH2.2ClH.Ti/c1-7-8(2)10(13(4,5)6)12(15)11(14)9(7)3;1-6-4-2-3-5-6;;;;/h14H,1-6H3;2,4H,3H2,1H3;1H2;2*1H;/q;-1;;;;+1. The topological polar surface area (TPSA) is 20.2 Å². The maximum atomic E-state index is 10.0. The minimum atomic E-state index is 0. The Morgan fingerprint density at radius 3 is 1.80 bits per heavy atom. The van der Waals surface area contributed by atoms with E-state index in [9.17, 15) is 5.11 Å². The van der Waals surface area contributed by atoms with Crippen LogP contribution < -0.4 is 5.19 Å².